The van der Waals surface area contributed by atoms with Gasteiger partial charge >= 0.3 is 18.2 Å². The zero-order valence-corrected chi connectivity index (χ0v) is 22.8. The van der Waals surface area contributed by atoms with E-state index in [1.807, 2.05) is 0 Å². The van der Waals surface area contributed by atoms with Gasteiger partial charge in [0.25, 0.3) is 0 Å². The number of hydrogen-bond acceptors (Lipinski definition) is 5. The fraction of sp³-hybridized carbons (Fsp3) is 0.533. The summed E-state index contributed by atoms with van der Waals surface area (Å²) in [6.45, 7) is 2.91. The minimum Gasteiger partial charge on any atom is -0.492 e. The maximum atomic E-state index is 12.9. The lowest BCUT2D eigenvalue weighted by Gasteiger charge is -2.25. The molecule has 1 saturated carbocycles. The fourth-order valence-electron chi connectivity index (χ4n) is 4.85. The Labute approximate surface area is 233 Å². The van der Waals surface area contributed by atoms with Gasteiger partial charge in [-0.3, -0.25) is 0 Å². The quantitative estimate of drug-likeness (QED) is 0.266. The molecule has 2 aromatic carbocycles. The van der Waals surface area contributed by atoms with Crippen LogP contribution in [0.3, 0.4) is 0 Å². The largest absolute Gasteiger partial charge is 0.492 e. The van der Waals surface area contributed by atoms with E-state index in [1.54, 1.807) is 31.2 Å². The SMILES string of the molecule is CCOC(Cc1ccc(OCCN(CCCC2CCCCC2)C(=O)Oc2ccc(C(F)(F)F)cc2)cc1)C(=O)O. The molecule has 0 aromatic heterocycles. The van der Waals surface area contributed by atoms with Gasteiger partial charge in [0.05, 0.1) is 12.1 Å². The molecule has 0 saturated heterocycles. The number of benzene rings is 2. The number of carboxylic acid groups (broad SMARTS) is 1. The summed E-state index contributed by atoms with van der Waals surface area (Å²) >= 11 is 0. The van der Waals surface area contributed by atoms with Crippen molar-refractivity contribution in [2.75, 3.05) is 26.3 Å². The molecule has 1 N–H and O–H groups in total. The number of ether oxygens (including phenoxy) is 3. The van der Waals surface area contributed by atoms with Crippen LogP contribution in [0.4, 0.5) is 18.0 Å². The predicted octanol–water partition coefficient (Wildman–Crippen LogP) is 6.98. The standard InChI is InChI=1S/C30H38F3NO6/c1-2-38-27(28(35)36)21-23-10-14-25(15-11-23)39-20-19-34(18-6-9-22-7-4-3-5-8-22)29(37)40-26-16-12-24(13-17-26)30(31,32)33/h10-17,22,27H,2-9,18-21H2,1H3,(H,35,36). The van der Waals surface area contributed by atoms with Gasteiger partial charge in [-0.15, -0.1) is 0 Å². The summed E-state index contributed by atoms with van der Waals surface area (Å²) in [4.78, 5) is 25.8. The van der Waals surface area contributed by atoms with Crippen LogP contribution in [0, 0.1) is 5.92 Å². The number of aliphatic carboxylic acids is 1. The highest BCUT2D eigenvalue weighted by molar-refractivity contribution is 5.72. The number of carbonyl (C=O) groups is 2. The van der Waals surface area contributed by atoms with Crippen LogP contribution in [0.25, 0.3) is 0 Å². The lowest BCUT2D eigenvalue weighted by Crippen LogP contribution is -2.37. The molecule has 0 aliphatic heterocycles. The Hall–Kier alpha value is -3.27. The Kier molecular flexibility index (Phi) is 12.1. The molecule has 40 heavy (non-hydrogen) atoms. The van der Waals surface area contributed by atoms with Crippen LogP contribution in [-0.4, -0.2) is 54.5 Å². The first kappa shape index (κ1) is 31.3. The van der Waals surface area contributed by atoms with Gasteiger partial charge in [-0.05, 0) is 67.6 Å². The van der Waals surface area contributed by atoms with E-state index >= 15 is 0 Å². The summed E-state index contributed by atoms with van der Waals surface area (Å²) in [7, 11) is 0. The predicted molar refractivity (Wildman–Crippen MR) is 144 cm³/mol. The molecule has 1 unspecified atom stereocenters. The summed E-state index contributed by atoms with van der Waals surface area (Å²) in [6, 6.07) is 11.0. The van der Waals surface area contributed by atoms with Gasteiger partial charge in [0.1, 0.15) is 18.1 Å². The summed E-state index contributed by atoms with van der Waals surface area (Å²) in [5.74, 6) is 0.234. The molecule has 2 aromatic rings. The average Bonchev–Trinajstić information content (AvgIpc) is 2.93. The van der Waals surface area contributed by atoms with Crippen LogP contribution >= 0.6 is 0 Å². The van der Waals surface area contributed by atoms with Crippen molar-refractivity contribution in [3.05, 3.63) is 59.7 Å². The van der Waals surface area contributed by atoms with Crippen molar-refractivity contribution >= 4 is 12.1 Å². The summed E-state index contributed by atoms with van der Waals surface area (Å²) < 4.78 is 55.1. The van der Waals surface area contributed by atoms with Crippen molar-refractivity contribution in [3.63, 3.8) is 0 Å². The monoisotopic (exact) mass is 565 g/mol. The van der Waals surface area contributed by atoms with Gasteiger partial charge < -0.3 is 24.2 Å². The van der Waals surface area contributed by atoms with Gasteiger partial charge in [-0.2, -0.15) is 13.2 Å². The number of carbonyl (C=O) groups excluding carboxylic acids is 1. The van der Waals surface area contributed by atoms with E-state index in [-0.39, 0.29) is 25.3 Å². The third-order valence-corrected chi connectivity index (χ3v) is 7.03. The highest BCUT2D eigenvalue weighted by Gasteiger charge is 2.30. The third-order valence-electron chi connectivity index (χ3n) is 7.03. The molecule has 7 nitrogen and oxygen atoms in total. The molecule has 1 aliphatic carbocycles. The fourth-order valence-corrected chi connectivity index (χ4v) is 4.85. The average molecular weight is 566 g/mol. The van der Waals surface area contributed by atoms with Crippen LogP contribution < -0.4 is 9.47 Å². The Bertz CT molecular complexity index is 1050. The minimum atomic E-state index is -4.47. The van der Waals surface area contributed by atoms with Crippen LogP contribution in [-0.2, 0) is 22.1 Å². The number of alkyl halides is 3. The number of nitrogens with zero attached hydrogens (tertiary/aromatic N) is 1. The molecule has 0 radical (unpaired) electrons. The highest BCUT2D eigenvalue weighted by atomic mass is 19.4. The van der Waals surface area contributed by atoms with Crippen molar-refractivity contribution in [1.82, 2.24) is 4.90 Å². The van der Waals surface area contributed by atoms with E-state index in [0.29, 0.717) is 24.8 Å². The van der Waals surface area contributed by atoms with Crippen LogP contribution in [0.15, 0.2) is 48.5 Å². The van der Waals surface area contributed by atoms with Crippen molar-refractivity contribution in [2.24, 2.45) is 5.92 Å². The van der Waals surface area contributed by atoms with Gasteiger partial charge in [0.15, 0.2) is 6.10 Å². The Morgan fingerprint density at radius 1 is 0.975 bits per heavy atom. The molecule has 220 valence electrons. The van der Waals surface area contributed by atoms with Crippen molar-refractivity contribution in [3.8, 4) is 11.5 Å². The van der Waals surface area contributed by atoms with Crippen LogP contribution in [0.2, 0.25) is 0 Å². The second-order valence-electron chi connectivity index (χ2n) is 10.0. The molecule has 0 heterocycles. The summed E-state index contributed by atoms with van der Waals surface area (Å²) in [5, 5.41) is 9.27. The van der Waals surface area contributed by atoms with Gasteiger partial charge in [0, 0.05) is 19.6 Å². The first-order chi connectivity index (χ1) is 19.2. The molecule has 0 bridgehead atoms. The normalized spacial score (nSPS) is 14.9. The molecule has 1 atom stereocenters. The lowest BCUT2D eigenvalue weighted by atomic mass is 9.86. The number of amides is 1. The van der Waals surface area contributed by atoms with Crippen LogP contribution in [0.5, 0.6) is 11.5 Å². The Morgan fingerprint density at radius 3 is 2.23 bits per heavy atom. The minimum absolute atomic E-state index is 0.0403. The highest BCUT2D eigenvalue weighted by Crippen LogP contribution is 2.30. The van der Waals surface area contributed by atoms with E-state index in [4.69, 9.17) is 14.2 Å². The molecule has 3 rings (SSSR count). The van der Waals surface area contributed by atoms with Crippen molar-refractivity contribution in [2.45, 2.75) is 70.6 Å². The number of hydrogen-bond donors (Lipinski definition) is 1. The maximum absolute atomic E-state index is 12.9. The molecule has 1 fully saturated rings. The smallest absolute Gasteiger partial charge is 0.416 e. The van der Waals surface area contributed by atoms with Gasteiger partial charge in [-0.25, -0.2) is 9.59 Å². The first-order valence-electron chi connectivity index (χ1n) is 13.9. The molecule has 1 amide bonds. The van der Waals surface area contributed by atoms with Crippen molar-refractivity contribution < 1.29 is 42.1 Å². The third kappa shape index (κ3) is 10.4. The zero-order chi connectivity index (χ0) is 29.0. The van der Waals surface area contributed by atoms with Gasteiger partial charge in [0.2, 0.25) is 0 Å². The topological polar surface area (TPSA) is 85.3 Å². The number of rotatable bonds is 14. The van der Waals surface area contributed by atoms with E-state index in [1.165, 1.54) is 37.0 Å². The Morgan fingerprint density at radius 2 is 1.62 bits per heavy atom. The van der Waals surface area contributed by atoms with E-state index < -0.39 is 29.9 Å². The molecular weight excluding hydrogens is 527 g/mol. The second-order valence-corrected chi connectivity index (χ2v) is 10.0. The van der Waals surface area contributed by atoms with E-state index in [9.17, 15) is 27.9 Å². The zero-order valence-electron chi connectivity index (χ0n) is 22.8. The number of halogens is 3. The van der Waals surface area contributed by atoms with Gasteiger partial charge in [-0.1, -0.05) is 44.2 Å². The summed E-state index contributed by atoms with van der Waals surface area (Å²) in [6.07, 6.45) is 2.15. The number of carboxylic acids is 1. The molecule has 10 heteroatoms. The summed E-state index contributed by atoms with van der Waals surface area (Å²) in [5.41, 5.74) is -0.0231. The first-order valence-corrected chi connectivity index (χ1v) is 13.9. The maximum Gasteiger partial charge on any atom is 0.416 e. The molecule has 0 spiro atoms. The molecular formula is C30H38F3NO6. The second kappa shape index (κ2) is 15.5. The lowest BCUT2D eigenvalue weighted by molar-refractivity contribution is -0.150. The Balaban J connectivity index is 1.55. The van der Waals surface area contributed by atoms with Crippen molar-refractivity contribution in [1.29, 1.82) is 0 Å². The van der Waals surface area contributed by atoms with E-state index in [0.717, 1.165) is 42.7 Å². The van der Waals surface area contributed by atoms with E-state index in [2.05, 4.69) is 0 Å². The molecule has 1 aliphatic rings. The van der Waals surface area contributed by atoms with Crippen LogP contribution in [0.1, 0.15) is 63.0 Å².